The SMILES string of the molecule is CC(C)C1=CNC(N(C)c2ccc3c(c2)OCC[C@H]3CNc2cnccc2C(=O)O)C=C1. The van der Waals surface area contributed by atoms with Crippen LogP contribution in [0.1, 0.15) is 42.1 Å². The lowest BCUT2D eigenvalue weighted by Gasteiger charge is -2.32. The van der Waals surface area contributed by atoms with Gasteiger partial charge < -0.3 is 25.4 Å². The minimum absolute atomic E-state index is 0.0802. The molecule has 2 aliphatic rings. The van der Waals surface area contributed by atoms with Crippen molar-refractivity contribution >= 4 is 17.3 Å². The maximum Gasteiger partial charge on any atom is 0.337 e. The Bertz CT molecular complexity index is 1050. The van der Waals surface area contributed by atoms with Crippen LogP contribution in [0.5, 0.6) is 5.75 Å². The number of anilines is 2. The van der Waals surface area contributed by atoms with E-state index in [9.17, 15) is 9.90 Å². The van der Waals surface area contributed by atoms with Crippen LogP contribution in [0, 0.1) is 5.92 Å². The molecule has 168 valence electrons. The molecule has 0 saturated carbocycles. The third-order valence-corrected chi connectivity index (χ3v) is 6.13. The van der Waals surface area contributed by atoms with Crippen molar-refractivity contribution in [1.29, 1.82) is 0 Å². The molecule has 1 aromatic heterocycles. The quantitative estimate of drug-likeness (QED) is 0.601. The summed E-state index contributed by atoms with van der Waals surface area (Å²) in [5.74, 6) is 0.640. The molecular weight excluding hydrogens is 404 g/mol. The Morgan fingerprint density at radius 1 is 1.38 bits per heavy atom. The van der Waals surface area contributed by atoms with Crippen LogP contribution in [-0.2, 0) is 0 Å². The van der Waals surface area contributed by atoms with Gasteiger partial charge in [0.1, 0.15) is 11.9 Å². The van der Waals surface area contributed by atoms with Crippen LogP contribution in [0.2, 0.25) is 0 Å². The number of aromatic carboxylic acids is 1. The average molecular weight is 435 g/mol. The van der Waals surface area contributed by atoms with Gasteiger partial charge in [-0.25, -0.2) is 4.79 Å². The number of nitrogens with one attached hydrogen (secondary N) is 2. The molecule has 0 amide bonds. The molecule has 3 heterocycles. The van der Waals surface area contributed by atoms with Gasteiger partial charge in [-0.05, 0) is 41.7 Å². The highest BCUT2D eigenvalue weighted by molar-refractivity contribution is 5.93. The number of benzene rings is 1. The number of carboxylic acid groups (broad SMARTS) is 1. The largest absolute Gasteiger partial charge is 0.493 e. The fraction of sp³-hybridized carbons (Fsp3) is 0.360. The molecule has 0 spiro atoms. The number of allylic oxidation sites excluding steroid dienone is 2. The van der Waals surface area contributed by atoms with Gasteiger partial charge in [0.05, 0.1) is 24.1 Å². The Morgan fingerprint density at radius 2 is 2.22 bits per heavy atom. The minimum Gasteiger partial charge on any atom is -0.493 e. The first-order valence-corrected chi connectivity index (χ1v) is 11.0. The van der Waals surface area contributed by atoms with E-state index in [-0.39, 0.29) is 17.6 Å². The molecular formula is C25H30N4O3. The summed E-state index contributed by atoms with van der Waals surface area (Å²) >= 11 is 0. The fourth-order valence-electron chi connectivity index (χ4n) is 4.09. The zero-order chi connectivity index (χ0) is 22.7. The summed E-state index contributed by atoms with van der Waals surface area (Å²) in [5.41, 5.74) is 4.26. The Morgan fingerprint density at radius 3 is 2.94 bits per heavy atom. The molecule has 2 aromatic rings. The Balaban J connectivity index is 1.46. The molecule has 7 nitrogen and oxygen atoms in total. The molecule has 3 N–H and O–H groups in total. The third-order valence-electron chi connectivity index (χ3n) is 6.13. The van der Waals surface area contributed by atoms with Crippen molar-refractivity contribution in [1.82, 2.24) is 10.3 Å². The highest BCUT2D eigenvalue weighted by Gasteiger charge is 2.24. The second kappa shape index (κ2) is 9.34. The zero-order valence-corrected chi connectivity index (χ0v) is 18.7. The van der Waals surface area contributed by atoms with Crippen LogP contribution in [0.4, 0.5) is 11.4 Å². The molecule has 2 atom stereocenters. The van der Waals surface area contributed by atoms with Gasteiger partial charge in [0.15, 0.2) is 0 Å². The number of pyridine rings is 1. The molecule has 0 aliphatic carbocycles. The number of dihydropyridines is 1. The van der Waals surface area contributed by atoms with E-state index in [0.717, 1.165) is 23.4 Å². The first-order valence-electron chi connectivity index (χ1n) is 11.0. The van der Waals surface area contributed by atoms with E-state index >= 15 is 0 Å². The lowest BCUT2D eigenvalue weighted by atomic mass is 9.92. The topological polar surface area (TPSA) is 86.7 Å². The highest BCUT2D eigenvalue weighted by Crippen LogP contribution is 2.37. The fourth-order valence-corrected chi connectivity index (χ4v) is 4.09. The van der Waals surface area contributed by atoms with Crippen molar-refractivity contribution in [2.75, 3.05) is 30.4 Å². The third kappa shape index (κ3) is 4.56. The summed E-state index contributed by atoms with van der Waals surface area (Å²) in [6.07, 6.45) is 10.5. The molecule has 4 rings (SSSR count). The number of rotatable bonds is 7. The van der Waals surface area contributed by atoms with Gasteiger partial charge in [0, 0.05) is 43.7 Å². The standard InChI is InChI=1S/C25H30N4O3/c1-16(2)17-4-7-24(28-13-17)29(3)19-5-6-20-18(9-11-32-23(20)12-19)14-27-22-15-26-10-8-21(22)25(30)31/h4-8,10,12-13,15-16,18,24,27-28H,9,11,14H2,1-3H3,(H,30,31)/t18-,24?/m0/s1. The summed E-state index contributed by atoms with van der Waals surface area (Å²) < 4.78 is 5.98. The number of carboxylic acids is 1. The van der Waals surface area contributed by atoms with E-state index in [2.05, 4.69) is 78.0 Å². The van der Waals surface area contributed by atoms with Gasteiger partial charge in [0.2, 0.25) is 0 Å². The monoisotopic (exact) mass is 434 g/mol. The molecule has 0 fully saturated rings. The first-order chi connectivity index (χ1) is 15.4. The van der Waals surface area contributed by atoms with Crippen molar-refractivity contribution in [3.05, 3.63) is 71.7 Å². The molecule has 2 aliphatic heterocycles. The van der Waals surface area contributed by atoms with Crippen LogP contribution in [0.3, 0.4) is 0 Å². The molecule has 32 heavy (non-hydrogen) atoms. The number of likely N-dealkylation sites (N-methyl/N-ethyl adjacent to an activating group) is 1. The summed E-state index contributed by atoms with van der Waals surface area (Å²) in [5, 5.41) is 16.1. The Hall–Kier alpha value is -3.48. The number of hydrogen-bond acceptors (Lipinski definition) is 6. The highest BCUT2D eigenvalue weighted by atomic mass is 16.5. The van der Waals surface area contributed by atoms with Gasteiger partial charge in [-0.3, -0.25) is 4.98 Å². The second-order valence-electron chi connectivity index (χ2n) is 8.54. The number of carbonyl (C=O) groups is 1. The van der Waals surface area contributed by atoms with Crippen molar-refractivity contribution < 1.29 is 14.6 Å². The number of hydrogen-bond donors (Lipinski definition) is 3. The van der Waals surface area contributed by atoms with Crippen molar-refractivity contribution in [2.45, 2.75) is 32.4 Å². The first kappa shape index (κ1) is 21.7. The van der Waals surface area contributed by atoms with E-state index in [0.29, 0.717) is 24.8 Å². The van der Waals surface area contributed by atoms with E-state index in [1.54, 1.807) is 6.20 Å². The van der Waals surface area contributed by atoms with Gasteiger partial charge in [0.25, 0.3) is 0 Å². The summed E-state index contributed by atoms with van der Waals surface area (Å²) in [6, 6.07) is 7.84. The van der Waals surface area contributed by atoms with Crippen LogP contribution >= 0.6 is 0 Å². The van der Waals surface area contributed by atoms with E-state index in [4.69, 9.17) is 4.74 Å². The summed E-state index contributed by atoms with van der Waals surface area (Å²) in [6.45, 7) is 5.62. The number of nitrogens with zero attached hydrogens (tertiary/aromatic N) is 2. The molecule has 0 saturated heterocycles. The average Bonchev–Trinajstić information content (AvgIpc) is 2.82. The zero-order valence-electron chi connectivity index (χ0n) is 18.7. The maximum atomic E-state index is 11.4. The van der Waals surface area contributed by atoms with Crippen molar-refractivity contribution in [2.24, 2.45) is 5.92 Å². The lowest BCUT2D eigenvalue weighted by molar-refractivity contribution is 0.0697. The molecule has 0 bridgehead atoms. The summed E-state index contributed by atoms with van der Waals surface area (Å²) in [4.78, 5) is 17.7. The molecule has 7 heteroatoms. The van der Waals surface area contributed by atoms with Gasteiger partial charge in [-0.2, -0.15) is 0 Å². The lowest BCUT2D eigenvalue weighted by Crippen LogP contribution is -2.41. The normalized spacial score (nSPS) is 19.4. The number of fused-ring (bicyclic) bond motifs is 1. The number of aromatic nitrogens is 1. The van der Waals surface area contributed by atoms with Crippen molar-refractivity contribution in [3.8, 4) is 5.75 Å². The van der Waals surface area contributed by atoms with E-state index in [1.807, 2.05) is 0 Å². The van der Waals surface area contributed by atoms with E-state index in [1.165, 1.54) is 17.8 Å². The predicted molar refractivity (Wildman–Crippen MR) is 126 cm³/mol. The van der Waals surface area contributed by atoms with Crippen LogP contribution in [-0.4, -0.2) is 42.4 Å². The maximum absolute atomic E-state index is 11.4. The Labute approximate surface area is 188 Å². The summed E-state index contributed by atoms with van der Waals surface area (Å²) in [7, 11) is 2.07. The van der Waals surface area contributed by atoms with Crippen LogP contribution in [0.15, 0.2) is 60.6 Å². The van der Waals surface area contributed by atoms with Gasteiger partial charge >= 0.3 is 5.97 Å². The second-order valence-corrected chi connectivity index (χ2v) is 8.54. The Kier molecular flexibility index (Phi) is 6.35. The van der Waals surface area contributed by atoms with E-state index < -0.39 is 5.97 Å². The van der Waals surface area contributed by atoms with Crippen molar-refractivity contribution in [3.63, 3.8) is 0 Å². The van der Waals surface area contributed by atoms with Crippen LogP contribution < -0.4 is 20.3 Å². The van der Waals surface area contributed by atoms with Crippen LogP contribution in [0.25, 0.3) is 0 Å². The predicted octanol–water partition coefficient (Wildman–Crippen LogP) is 4.22. The molecule has 1 aromatic carbocycles. The van der Waals surface area contributed by atoms with Gasteiger partial charge in [-0.15, -0.1) is 0 Å². The number of ether oxygens (including phenoxy) is 1. The smallest absolute Gasteiger partial charge is 0.337 e. The molecule has 1 unspecified atom stereocenters. The van der Waals surface area contributed by atoms with Gasteiger partial charge in [-0.1, -0.05) is 26.0 Å². The minimum atomic E-state index is -0.962. The molecule has 0 radical (unpaired) electrons.